The first-order valence-corrected chi connectivity index (χ1v) is 8.92. The molecule has 154 valence electrons. The lowest BCUT2D eigenvalue weighted by Crippen LogP contribution is -2.50. The molecular formula is C20H23N3O6. The molecule has 2 aromatic carbocycles. The van der Waals surface area contributed by atoms with Crippen LogP contribution in [0.25, 0.3) is 0 Å². The molecule has 0 bridgehead atoms. The molecule has 2 N–H and O–H groups in total. The number of aryl methyl sites for hydroxylation is 2. The molecule has 2 aromatic rings. The lowest BCUT2D eigenvalue weighted by molar-refractivity contribution is -0.386. The Balaban J connectivity index is 1.88. The van der Waals surface area contributed by atoms with E-state index < -0.39 is 28.9 Å². The summed E-state index contributed by atoms with van der Waals surface area (Å²) in [7, 11) is 0. The van der Waals surface area contributed by atoms with Crippen molar-refractivity contribution in [3.05, 3.63) is 63.7 Å². The molecule has 29 heavy (non-hydrogen) atoms. The fourth-order valence-electron chi connectivity index (χ4n) is 2.32. The number of hydrogen-bond donors (Lipinski definition) is 2. The van der Waals surface area contributed by atoms with Gasteiger partial charge in [0.15, 0.2) is 18.0 Å². The lowest BCUT2D eigenvalue weighted by Gasteiger charge is -2.18. The summed E-state index contributed by atoms with van der Waals surface area (Å²) in [4.78, 5) is 34.7. The van der Waals surface area contributed by atoms with Crippen molar-refractivity contribution < 1.29 is 24.0 Å². The Hall–Kier alpha value is -3.62. The summed E-state index contributed by atoms with van der Waals surface area (Å²) in [6.07, 6.45) is -1.93. The number of ether oxygens (including phenoxy) is 2. The predicted octanol–water partition coefficient (Wildman–Crippen LogP) is 2.59. The van der Waals surface area contributed by atoms with Crippen LogP contribution >= 0.6 is 0 Å². The van der Waals surface area contributed by atoms with Crippen LogP contribution in [0.4, 0.5) is 5.69 Å². The Morgan fingerprint density at radius 1 is 0.931 bits per heavy atom. The molecule has 2 atom stereocenters. The van der Waals surface area contributed by atoms with Crippen LogP contribution in [-0.2, 0) is 9.59 Å². The number of nitro benzene ring substituents is 1. The minimum Gasteiger partial charge on any atom is -0.481 e. The number of para-hydroxylation sites is 2. The van der Waals surface area contributed by atoms with Gasteiger partial charge < -0.3 is 9.47 Å². The number of nitrogens with zero attached hydrogens (tertiary/aromatic N) is 1. The molecule has 0 spiro atoms. The fraction of sp³-hybridized carbons (Fsp3) is 0.300. The van der Waals surface area contributed by atoms with E-state index in [1.165, 1.54) is 25.1 Å². The summed E-state index contributed by atoms with van der Waals surface area (Å²) in [6, 6.07) is 11.2. The maximum Gasteiger partial charge on any atom is 0.310 e. The van der Waals surface area contributed by atoms with Gasteiger partial charge in [-0.2, -0.15) is 0 Å². The lowest BCUT2D eigenvalue weighted by atomic mass is 10.1. The van der Waals surface area contributed by atoms with Crippen LogP contribution in [0.15, 0.2) is 42.5 Å². The molecule has 0 saturated carbocycles. The van der Waals surface area contributed by atoms with E-state index in [4.69, 9.17) is 9.47 Å². The van der Waals surface area contributed by atoms with Gasteiger partial charge in [-0.25, -0.2) is 0 Å². The minimum atomic E-state index is -1.08. The molecular weight excluding hydrogens is 378 g/mol. The van der Waals surface area contributed by atoms with E-state index in [1.807, 2.05) is 26.0 Å². The second-order valence-electron chi connectivity index (χ2n) is 6.47. The molecule has 0 aliphatic heterocycles. The normalized spacial score (nSPS) is 12.4. The highest BCUT2D eigenvalue weighted by Crippen LogP contribution is 2.26. The summed E-state index contributed by atoms with van der Waals surface area (Å²) in [5, 5.41) is 11.0. The first-order chi connectivity index (χ1) is 13.7. The Kier molecular flexibility index (Phi) is 7.13. The summed E-state index contributed by atoms with van der Waals surface area (Å²) < 4.78 is 10.9. The number of benzene rings is 2. The molecule has 9 nitrogen and oxygen atoms in total. The van der Waals surface area contributed by atoms with Crippen molar-refractivity contribution in [3.63, 3.8) is 0 Å². The van der Waals surface area contributed by atoms with Crippen molar-refractivity contribution in [1.29, 1.82) is 0 Å². The van der Waals surface area contributed by atoms with Crippen LogP contribution in [0.2, 0.25) is 0 Å². The van der Waals surface area contributed by atoms with Gasteiger partial charge in [0.1, 0.15) is 5.75 Å². The standard InChI is InChI=1S/C20H23N3O6/c1-12-9-10-16(11-13(12)2)28-14(3)19(24)21-22-20(25)15(4)29-18-8-6-5-7-17(18)23(26)27/h5-11,14-15H,1-4H3,(H,21,24)(H,22,25). The third-order valence-corrected chi connectivity index (χ3v) is 4.20. The zero-order chi connectivity index (χ0) is 21.6. The quantitative estimate of drug-likeness (QED) is 0.544. The van der Waals surface area contributed by atoms with Gasteiger partial charge in [0.25, 0.3) is 11.8 Å². The van der Waals surface area contributed by atoms with Crippen molar-refractivity contribution >= 4 is 17.5 Å². The first kappa shape index (κ1) is 21.7. The third kappa shape index (κ3) is 5.93. The van der Waals surface area contributed by atoms with E-state index >= 15 is 0 Å². The SMILES string of the molecule is Cc1ccc(OC(C)C(=O)NNC(=O)C(C)Oc2ccccc2[N+](=O)[O-])cc1C. The average Bonchev–Trinajstić information content (AvgIpc) is 2.68. The van der Waals surface area contributed by atoms with E-state index in [2.05, 4.69) is 10.9 Å². The second-order valence-corrected chi connectivity index (χ2v) is 6.47. The van der Waals surface area contributed by atoms with E-state index in [0.717, 1.165) is 11.1 Å². The summed E-state index contributed by atoms with van der Waals surface area (Å²) in [5.41, 5.74) is 6.36. The van der Waals surface area contributed by atoms with Gasteiger partial charge in [-0.3, -0.25) is 30.6 Å². The molecule has 9 heteroatoms. The molecule has 0 heterocycles. The van der Waals surface area contributed by atoms with Gasteiger partial charge in [-0.05, 0) is 57.0 Å². The maximum absolute atomic E-state index is 12.1. The number of hydrogen-bond acceptors (Lipinski definition) is 6. The summed E-state index contributed by atoms with van der Waals surface area (Å²) in [5.74, 6) is -0.738. The molecule has 0 saturated heterocycles. The number of carbonyl (C=O) groups excluding carboxylic acids is 2. The minimum absolute atomic E-state index is 0.0436. The summed E-state index contributed by atoms with van der Waals surface area (Å²) in [6.45, 7) is 6.86. The molecule has 2 rings (SSSR count). The number of nitrogens with one attached hydrogen (secondary N) is 2. The molecule has 0 aliphatic carbocycles. The number of nitro groups is 1. The fourth-order valence-corrected chi connectivity index (χ4v) is 2.32. The van der Waals surface area contributed by atoms with Gasteiger partial charge in [0.05, 0.1) is 4.92 Å². The Labute approximate surface area is 168 Å². The van der Waals surface area contributed by atoms with Crippen LogP contribution in [0.1, 0.15) is 25.0 Å². The molecule has 2 unspecified atom stereocenters. The number of hydrazine groups is 1. The van der Waals surface area contributed by atoms with Crippen molar-refractivity contribution in [2.45, 2.75) is 39.9 Å². The monoisotopic (exact) mass is 401 g/mol. The smallest absolute Gasteiger partial charge is 0.310 e. The highest BCUT2D eigenvalue weighted by Gasteiger charge is 2.22. The molecule has 0 aromatic heterocycles. The maximum atomic E-state index is 12.1. The van der Waals surface area contributed by atoms with Gasteiger partial charge >= 0.3 is 5.69 Å². The van der Waals surface area contributed by atoms with E-state index in [-0.39, 0.29) is 11.4 Å². The largest absolute Gasteiger partial charge is 0.481 e. The Bertz CT molecular complexity index is 915. The Morgan fingerprint density at radius 3 is 2.10 bits per heavy atom. The second kappa shape index (κ2) is 9.54. The van der Waals surface area contributed by atoms with Crippen molar-refractivity contribution in [1.82, 2.24) is 10.9 Å². The van der Waals surface area contributed by atoms with Crippen LogP contribution in [0.5, 0.6) is 11.5 Å². The molecule has 0 radical (unpaired) electrons. The van der Waals surface area contributed by atoms with Gasteiger partial charge in [0, 0.05) is 6.07 Å². The summed E-state index contributed by atoms with van der Waals surface area (Å²) >= 11 is 0. The van der Waals surface area contributed by atoms with E-state index in [0.29, 0.717) is 5.75 Å². The Morgan fingerprint density at radius 2 is 1.52 bits per heavy atom. The number of carbonyl (C=O) groups is 2. The number of amides is 2. The molecule has 2 amide bonds. The first-order valence-electron chi connectivity index (χ1n) is 8.92. The van der Waals surface area contributed by atoms with Gasteiger partial charge in [-0.1, -0.05) is 18.2 Å². The molecule has 0 fully saturated rings. The highest BCUT2D eigenvalue weighted by atomic mass is 16.6. The third-order valence-electron chi connectivity index (χ3n) is 4.20. The zero-order valence-corrected chi connectivity index (χ0v) is 16.6. The number of rotatable bonds is 7. The van der Waals surface area contributed by atoms with Crippen molar-refractivity contribution in [3.8, 4) is 11.5 Å². The van der Waals surface area contributed by atoms with Gasteiger partial charge in [-0.15, -0.1) is 0 Å². The van der Waals surface area contributed by atoms with Crippen LogP contribution in [0, 0.1) is 24.0 Å². The van der Waals surface area contributed by atoms with Crippen LogP contribution < -0.4 is 20.3 Å². The van der Waals surface area contributed by atoms with E-state index in [1.54, 1.807) is 19.1 Å². The topological polar surface area (TPSA) is 120 Å². The van der Waals surface area contributed by atoms with Crippen molar-refractivity contribution in [2.24, 2.45) is 0 Å². The van der Waals surface area contributed by atoms with Crippen LogP contribution in [0.3, 0.4) is 0 Å². The van der Waals surface area contributed by atoms with Crippen molar-refractivity contribution in [2.75, 3.05) is 0 Å². The average molecular weight is 401 g/mol. The van der Waals surface area contributed by atoms with Crippen LogP contribution in [-0.4, -0.2) is 28.9 Å². The highest BCUT2D eigenvalue weighted by molar-refractivity contribution is 5.86. The van der Waals surface area contributed by atoms with E-state index in [9.17, 15) is 19.7 Å². The molecule has 0 aliphatic rings. The predicted molar refractivity (Wildman–Crippen MR) is 105 cm³/mol. The zero-order valence-electron chi connectivity index (χ0n) is 16.6. The van der Waals surface area contributed by atoms with Gasteiger partial charge in [0.2, 0.25) is 0 Å².